The van der Waals surface area contributed by atoms with E-state index in [0.29, 0.717) is 49.7 Å². The minimum atomic E-state index is -4.00. The van der Waals surface area contributed by atoms with Gasteiger partial charge in [-0.25, -0.2) is 0 Å². The van der Waals surface area contributed by atoms with Gasteiger partial charge in [-0.15, -0.1) is 6.61 Å². The molecular weight excluding hydrogens is 563 g/mol. The summed E-state index contributed by atoms with van der Waals surface area (Å²) in [5, 5.41) is 7.97. The number of hydrogen-bond donors (Lipinski definition) is 1. The molecule has 1 aliphatic heterocycles. The zero-order valence-corrected chi connectivity index (χ0v) is 29.5. The summed E-state index contributed by atoms with van der Waals surface area (Å²) in [6.45, 7) is 13.7. The van der Waals surface area contributed by atoms with Gasteiger partial charge in [0.05, 0.1) is 18.5 Å². The maximum Gasteiger partial charge on any atom is 1.00 e. The third-order valence-electron chi connectivity index (χ3n) is 11.2. The molecule has 0 aromatic carbocycles. The van der Waals surface area contributed by atoms with E-state index in [1.54, 1.807) is 6.92 Å². The van der Waals surface area contributed by atoms with Crippen LogP contribution in [0.15, 0.2) is 0 Å². The third-order valence-corrected chi connectivity index (χ3v) is 14.1. The Bertz CT molecular complexity index is 993. The summed E-state index contributed by atoms with van der Waals surface area (Å²) in [6, 6.07) is 0. The van der Waals surface area contributed by atoms with Crippen molar-refractivity contribution in [2.24, 2.45) is 59.2 Å². The van der Waals surface area contributed by atoms with Gasteiger partial charge in [0.25, 0.3) is 20.2 Å². The average Bonchev–Trinajstić information content (AvgIpc) is 3.65. The summed E-state index contributed by atoms with van der Waals surface area (Å²) in [7, 11) is -7.22. The molecule has 4 saturated carbocycles. The molecule has 5 rings (SSSR count). The maximum atomic E-state index is 11.7. The molecule has 4 aliphatic carbocycles. The van der Waals surface area contributed by atoms with Gasteiger partial charge in [0.2, 0.25) is 0 Å². The standard InChI is InChI=1S/C14H26O4S.C13H22O3S.C2H5O.Na/c1-4-18-8-13(19(15,16)17)6-12-5-11-7-14(12)10(3)9(11)2;1-8-9(2)13-7-10(8)5-11(13)6-12-3-4-16-17(12,14)15;1-2-3;/h9-14H,4-8H2,1-3H3,(H,15,16,17);8-13H,3-7H2,1-2H3;2H2,1H3;/q;;-1;+1/p+1. The molecule has 40 heavy (non-hydrogen) atoms. The van der Waals surface area contributed by atoms with Crippen molar-refractivity contribution in [3.8, 4) is 0 Å². The van der Waals surface area contributed by atoms with Crippen LogP contribution in [0.2, 0.25) is 0 Å². The summed E-state index contributed by atoms with van der Waals surface area (Å²) in [4.78, 5) is 0. The number of ether oxygens (including phenoxy) is 1. The molecule has 0 aromatic heterocycles. The first-order valence-corrected chi connectivity index (χ1v) is 18.2. The van der Waals surface area contributed by atoms with Crippen LogP contribution in [0.5, 0.6) is 0 Å². The van der Waals surface area contributed by atoms with E-state index >= 15 is 0 Å². The fraction of sp³-hybridized carbons (Fsp3) is 1.00. The maximum absolute atomic E-state index is 11.7. The Kier molecular flexibility index (Phi) is 14.4. The first kappa shape index (κ1) is 36.9. The Balaban J connectivity index is 0.000000359. The molecule has 8 nitrogen and oxygen atoms in total. The molecule has 1 N–H and O–H groups in total. The second-order valence-electron chi connectivity index (χ2n) is 13.0. The van der Waals surface area contributed by atoms with Gasteiger partial charge in [0, 0.05) is 6.61 Å². The minimum Gasteiger partial charge on any atom is -0.855 e. The van der Waals surface area contributed by atoms with Crippen molar-refractivity contribution in [1.29, 1.82) is 0 Å². The molecule has 5 fully saturated rings. The van der Waals surface area contributed by atoms with Crippen molar-refractivity contribution in [1.82, 2.24) is 0 Å². The van der Waals surface area contributed by atoms with Crippen LogP contribution in [0.3, 0.4) is 0 Å². The number of rotatable bonds is 8. The molecule has 0 spiro atoms. The Morgan fingerprint density at radius 1 is 0.950 bits per heavy atom. The van der Waals surface area contributed by atoms with E-state index in [0.717, 1.165) is 48.3 Å². The van der Waals surface area contributed by atoms with Crippen molar-refractivity contribution in [2.45, 2.75) is 97.0 Å². The van der Waals surface area contributed by atoms with Gasteiger partial charge in [-0.2, -0.15) is 16.8 Å². The zero-order valence-electron chi connectivity index (χ0n) is 26.8. The topological polar surface area (TPSA) is 130 Å². The van der Waals surface area contributed by atoms with Crippen molar-refractivity contribution in [2.75, 3.05) is 26.4 Å². The normalized spacial score (nSPS) is 41.5. The molecular formula is C29H54NaO8S2+. The summed E-state index contributed by atoms with van der Waals surface area (Å²) in [5.74, 6) is 7.13. The molecule has 0 aromatic rings. The Morgan fingerprint density at radius 2 is 1.45 bits per heavy atom. The average molecular weight is 618 g/mol. The quantitative estimate of drug-likeness (QED) is 0.247. The van der Waals surface area contributed by atoms with Crippen LogP contribution in [-0.2, 0) is 29.2 Å². The van der Waals surface area contributed by atoms with E-state index in [-0.39, 0.29) is 49.4 Å². The molecule has 12 unspecified atom stereocenters. The van der Waals surface area contributed by atoms with E-state index in [1.807, 2.05) is 6.92 Å². The van der Waals surface area contributed by atoms with Crippen LogP contribution in [0.25, 0.3) is 0 Å². The summed E-state index contributed by atoms with van der Waals surface area (Å²) in [5.41, 5.74) is 0. The van der Waals surface area contributed by atoms with Crippen LogP contribution in [-0.4, -0.2) is 58.3 Å². The second-order valence-corrected chi connectivity index (χ2v) is 16.6. The minimum absolute atomic E-state index is 0. The number of fused-ring (bicyclic) bond motifs is 4. The van der Waals surface area contributed by atoms with E-state index in [4.69, 9.17) is 14.0 Å². The first-order valence-electron chi connectivity index (χ1n) is 15.2. The Hall–Kier alpha value is 0.740. The third kappa shape index (κ3) is 8.68. The van der Waals surface area contributed by atoms with Crippen LogP contribution in [0.4, 0.5) is 0 Å². The molecule has 12 atom stereocenters. The van der Waals surface area contributed by atoms with Gasteiger partial charge in [-0.1, -0.05) is 34.6 Å². The monoisotopic (exact) mass is 617 g/mol. The van der Waals surface area contributed by atoms with Gasteiger partial charge in [0.15, 0.2) is 0 Å². The van der Waals surface area contributed by atoms with E-state index in [2.05, 4.69) is 27.7 Å². The first-order chi connectivity index (χ1) is 18.2. The van der Waals surface area contributed by atoms with Crippen molar-refractivity contribution >= 4 is 20.2 Å². The van der Waals surface area contributed by atoms with Crippen molar-refractivity contribution in [3.05, 3.63) is 0 Å². The SMILES string of the molecule is CC1C2CC(CC3CCOS3(=O)=O)C(C2)C1C.CCOCC(CC1CC2CC1C(C)C2C)S(=O)(=O)O.CC[O-].[H+].[Na+]. The molecule has 1 saturated heterocycles. The van der Waals surface area contributed by atoms with Crippen LogP contribution in [0, 0.1) is 59.2 Å². The Morgan fingerprint density at radius 3 is 1.85 bits per heavy atom. The van der Waals surface area contributed by atoms with Crippen LogP contribution >= 0.6 is 0 Å². The summed E-state index contributed by atoms with van der Waals surface area (Å²) in [6.07, 6.45) is 7.05. The molecule has 1 heterocycles. The molecule has 5 aliphatic rings. The summed E-state index contributed by atoms with van der Waals surface area (Å²) < 4.78 is 65.7. The second kappa shape index (κ2) is 15.6. The molecule has 230 valence electrons. The summed E-state index contributed by atoms with van der Waals surface area (Å²) >= 11 is 0. The van der Waals surface area contributed by atoms with Gasteiger partial charge in [0.1, 0.15) is 5.25 Å². The van der Waals surface area contributed by atoms with E-state index < -0.39 is 25.5 Å². The van der Waals surface area contributed by atoms with Gasteiger partial charge in [-0.3, -0.25) is 8.74 Å². The molecule has 11 heteroatoms. The van der Waals surface area contributed by atoms with Crippen molar-refractivity contribution < 1.29 is 66.4 Å². The predicted molar refractivity (Wildman–Crippen MR) is 152 cm³/mol. The smallest absolute Gasteiger partial charge is 0.855 e. The molecule has 0 amide bonds. The van der Waals surface area contributed by atoms with Crippen molar-refractivity contribution in [3.63, 3.8) is 0 Å². The number of hydrogen-bond acceptors (Lipinski definition) is 7. The zero-order chi connectivity index (χ0) is 29.1. The Labute approximate surface area is 267 Å². The van der Waals surface area contributed by atoms with Gasteiger partial charge < -0.3 is 9.84 Å². The molecule has 4 bridgehead atoms. The fourth-order valence-electron chi connectivity index (χ4n) is 8.70. The fourth-order valence-corrected chi connectivity index (χ4v) is 10.9. The molecule has 0 radical (unpaired) electrons. The van der Waals surface area contributed by atoms with Crippen LogP contribution in [0.1, 0.15) is 87.9 Å². The van der Waals surface area contributed by atoms with Gasteiger partial charge in [-0.05, 0) is 111 Å². The van der Waals surface area contributed by atoms with Gasteiger partial charge >= 0.3 is 31.0 Å². The van der Waals surface area contributed by atoms with E-state index in [9.17, 15) is 21.4 Å². The van der Waals surface area contributed by atoms with E-state index in [1.165, 1.54) is 19.3 Å². The predicted octanol–water partition coefficient (Wildman–Crippen LogP) is 1.50. The van der Waals surface area contributed by atoms with Crippen LogP contribution < -0.4 is 34.7 Å². The largest absolute Gasteiger partial charge is 1.00 e.